The fourth-order valence-electron chi connectivity index (χ4n) is 6.32. The molecule has 1 saturated carbocycles. The molecule has 4 fully saturated rings. The summed E-state index contributed by atoms with van der Waals surface area (Å²) in [6.45, 7) is 7.72. The van der Waals surface area contributed by atoms with E-state index < -0.39 is 0 Å². The Morgan fingerprint density at radius 1 is 1.24 bits per heavy atom. The maximum Gasteiger partial charge on any atom is 0.409 e. The Hall–Kier alpha value is -1.41. The van der Waals surface area contributed by atoms with Crippen LogP contribution < -0.4 is 4.90 Å². The molecular weight excluding hydrogens is 386 g/mol. The largest absolute Gasteiger partial charge is 0.450 e. The highest BCUT2D eigenvalue weighted by atomic mass is 32.1. The van der Waals surface area contributed by atoms with Crippen LogP contribution in [0, 0.1) is 11.3 Å². The van der Waals surface area contributed by atoms with Crippen LogP contribution in [0.1, 0.15) is 51.9 Å². The number of hydrogen-bond acceptors (Lipinski definition) is 7. The van der Waals surface area contributed by atoms with Gasteiger partial charge in [-0.3, -0.25) is 0 Å². The quantitative estimate of drug-likeness (QED) is 0.747. The van der Waals surface area contributed by atoms with Crippen LogP contribution in [-0.4, -0.2) is 77.5 Å². The molecule has 1 aromatic rings. The second kappa shape index (κ2) is 8.02. The van der Waals surface area contributed by atoms with Crippen LogP contribution in [0.3, 0.4) is 0 Å². The third-order valence-corrected chi connectivity index (χ3v) is 8.56. The zero-order chi connectivity index (χ0) is 19.8. The standard InChI is InChI=1S/C21H33N5O2S/c1-2-28-20(27)25-11-7-21(14-25)12-17(13-21)24-9-5-16(6-10-24)18-4-3-8-26(18)19-23-22-15-29-19/h15-18H,2-14H2,1H3. The molecular formula is C21H33N5O2S. The maximum absolute atomic E-state index is 12.0. The van der Waals surface area contributed by atoms with Crippen molar-refractivity contribution in [2.24, 2.45) is 11.3 Å². The van der Waals surface area contributed by atoms with Gasteiger partial charge in [0.2, 0.25) is 5.13 Å². The molecule has 0 aromatic carbocycles. The fourth-order valence-corrected chi connectivity index (χ4v) is 6.96. The maximum atomic E-state index is 12.0. The summed E-state index contributed by atoms with van der Waals surface area (Å²) >= 11 is 1.68. The van der Waals surface area contributed by atoms with E-state index in [2.05, 4.69) is 20.0 Å². The summed E-state index contributed by atoms with van der Waals surface area (Å²) in [5.74, 6) is 0.789. The highest BCUT2D eigenvalue weighted by molar-refractivity contribution is 7.13. The minimum absolute atomic E-state index is 0.120. The van der Waals surface area contributed by atoms with Gasteiger partial charge in [0.15, 0.2) is 0 Å². The van der Waals surface area contributed by atoms with E-state index in [1.165, 1.54) is 51.6 Å². The summed E-state index contributed by atoms with van der Waals surface area (Å²) in [7, 11) is 0. The summed E-state index contributed by atoms with van der Waals surface area (Å²) in [6, 6.07) is 1.38. The van der Waals surface area contributed by atoms with Crippen molar-refractivity contribution in [3.63, 3.8) is 0 Å². The average Bonchev–Trinajstić information content (AvgIpc) is 3.47. The van der Waals surface area contributed by atoms with Gasteiger partial charge in [0, 0.05) is 31.7 Å². The second-order valence-corrected chi connectivity index (χ2v) is 10.2. The van der Waals surface area contributed by atoms with Gasteiger partial charge in [-0.25, -0.2) is 4.79 Å². The Morgan fingerprint density at radius 2 is 2.07 bits per heavy atom. The Kier molecular flexibility index (Phi) is 5.41. The van der Waals surface area contributed by atoms with Crippen LogP contribution in [0.25, 0.3) is 0 Å². The van der Waals surface area contributed by atoms with E-state index in [9.17, 15) is 4.79 Å². The number of piperidine rings is 1. The van der Waals surface area contributed by atoms with Gasteiger partial charge in [0.05, 0.1) is 6.61 Å². The normalized spacial score (nSPS) is 33.4. The van der Waals surface area contributed by atoms with E-state index in [-0.39, 0.29) is 6.09 Å². The Balaban J connectivity index is 1.10. The Morgan fingerprint density at radius 3 is 2.79 bits per heavy atom. The first-order valence-electron chi connectivity index (χ1n) is 11.4. The Labute approximate surface area is 177 Å². The van der Waals surface area contributed by atoms with Gasteiger partial charge >= 0.3 is 6.09 Å². The van der Waals surface area contributed by atoms with Crippen molar-refractivity contribution in [3.8, 4) is 0 Å². The molecule has 0 bridgehead atoms. The van der Waals surface area contributed by atoms with E-state index in [0.717, 1.165) is 43.1 Å². The molecule has 1 atom stereocenters. The number of rotatable bonds is 4. The van der Waals surface area contributed by atoms with E-state index in [0.29, 0.717) is 18.1 Å². The smallest absolute Gasteiger partial charge is 0.409 e. The molecule has 160 valence electrons. The van der Waals surface area contributed by atoms with Gasteiger partial charge < -0.3 is 19.4 Å². The van der Waals surface area contributed by atoms with Crippen molar-refractivity contribution in [2.75, 3.05) is 44.2 Å². The Bertz CT molecular complexity index is 700. The molecule has 29 heavy (non-hydrogen) atoms. The first-order chi connectivity index (χ1) is 14.2. The van der Waals surface area contributed by atoms with Gasteiger partial charge in [-0.2, -0.15) is 0 Å². The number of amides is 1. The molecule has 1 spiro atoms. The third kappa shape index (κ3) is 3.74. The SMILES string of the molecule is CCOC(=O)N1CCC2(CC(N3CCC(C4CCCN4c4nncs4)CC3)C2)C1. The fraction of sp³-hybridized carbons (Fsp3) is 0.857. The number of ether oxygens (including phenoxy) is 1. The lowest BCUT2D eigenvalue weighted by atomic mass is 9.64. The third-order valence-electron chi connectivity index (χ3n) is 7.83. The highest BCUT2D eigenvalue weighted by Crippen LogP contribution is 2.51. The van der Waals surface area contributed by atoms with Crippen LogP contribution in [0.5, 0.6) is 0 Å². The van der Waals surface area contributed by atoms with Crippen molar-refractivity contribution in [3.05, 3.63) is 5.51 Å². The lowest BCUT2D eigenvalue weighted by Crippen LogP contribution is -2.55. The van der Waals surface area contributed by atoms with Crippen molar-refractivity contribution < 1.29 is 9.53 Å². The minimum Gasteiger partial charge on any atom is -0.450 e. The van der Waals surface area contributed by atoms with Crippen molar-refractivity contribution in [1.82, 2.24) is 20.0 Å². The highest BCUT2D eigenvalue weighted by Gasteiger charge is 2.51. The molecule has 1 amide bonds. The topological polar surface area (TPSA) is 61.8 Å². The summed E-state index contributed by atoms with van der Waals surface area (Å²) in [5.41, 5.74) is 2.22. The summed E-state index contributed by atoms with van der Waals surface area (Å²) < 4.78 is 5.19. The van der Waals surface area contributed by atoms with Crippen molar-refractivity contribution >= 4 is 22.6 Å². The first-order valence-corrected chi connectivity index (χ1v) is 12.2. The number of aromatic nitrogens is 2. The first kappa shape index (κ1) is 19.5. The van der Waals surface area contributed by atoms with Crippen LogP contribution in [-0.2, 0) is 4.74 Å². The number of nitrogens with zero attached hydrogens (tertiary/aromatic N) is 5. The monoisotopic (exact) mass is 419 g/mol. The summed E-state index contributed by atoms with van der Waals surface area (Å²) in [6.07, 6.45) is 8.74. The van der Waals surface area contributed by atoms with E-state index in [1.807, 2.05) is 17.3 Å². The predicted octanol–water partition coefficient (Wildman–Crippen LogP) is 3.23. The van der Waals surface area contributed by atoms with Gasteiger partial charge in [0.1, 0.15) is 5.51 Å². The van der Waals surface area contributed by atoms with Gasteiger partial charge in [-0.15, -0.1) is 10.2 Å². The number of carbonyl (C=O) groups excluding carboxylic acids is 1. The molecule has 0 N–H and O–H groups in total. The number of anilines is 1. The van der Waals surface area contributed by atoms with E-state index >= 15 is 0 Å². The van der Waals surface area contributed by atoms with Crippen LogP contribution in [0.4, 0.5) is 9.93 Å². The lowest BCUT2D eigenvalue weighted by molar-refractivity contribution is -0.0109. The molecule has 8 heteroatoms. The molecule has 1 aliphatic carbocycles. The van der Waals surface area contributed by atoms with Crippen molar-refractivity contribution in [2.45, 2.75) is 64.0 Å². The lowest BCUT2D eigenvalue weighted by Gasteiger charge is -2.52. The average molecular weight is 420 g/mol. The van der Waals surface area contributed by atoms with Gasteiger partial charge in [-0.05, 0) is 76.3 Å². The number of hydrogen-bond donors (Lipinski definition) is 0. The zero-order valence-corrected chi connectivity index (χ0v) is 18.3. The second-order valence-electron chi connectivity index (χ2n) is 9.43. The molecule has 3 saturated heterocycles. The van der Waals surface area contributed by atoms with Crippen LogP contribution in [0.2, 0.25) is 0 Å². The van der Waals surface area contributed by atoms with Gasteiger partial charge in [0.25, 0.3) is 0 Å². The molecule has 5 rings (SSSR count). The van der Waals surface area contributed by atoms with Crippen LogP contribution >= 0.6 is 11.3 Å². The van der Waals surface area contributed by atoms with E-state index in [1.54, 1.807) is 11.3 Å². The van der Waals surface area contributed by atoms with Crippen LogP contribution in [0.15, 0.2) is 5.51 Å². The molecule has 1 unspecified atom stereocenters. The van der Waals surface area contributed by atoms with E-state index in [4.69, 9.17) is 4.74 Å². The van der Waals surface area contributed by atoms with Gasteiger partial charge in [-0.1, -0.05) is 11.3 Å². The molecule has 1 aromatic heterocycles. The number of carbonyl (C=O) groups is 1. The van der Waals surface area contributed by atoms with Crippen molar-refractivity contribution in [1.29, 1.82) is 0 Å². The molecule has 3 aliphatic heterocycles. The molecule has 4 heterocycles. The zero-order valence-electron chi connectivity index (χ0n) is 17.5. The predicted molar refractivity (Wildman–Crippen MR) is 113 cm³/mol. The molecule has 4 aliphatic rings. The summed E-state index contributed by atoms with van der Waals surface area (Å²) in [4.78, 5) is 19.2. The number of likely N-dealkylation sites (tertiary alicyclic amines) is 2. The summed E-state index contributed by atoms with van der Waals surface area (Å²) in [5, 5.41) is 9.49. The minimum atomic E-state index is -0.120. The molecule has 7 nitrogen and oxygen atoms in total. The molecule has 0 radical (unpaired) electrons.